The van der Waals surface area contributed by atoms with E-state index in [1.54, 1.807) is 0 Å². The molecule has 0 aromatic rings. The van der Waals surface area contributed by atoms with Gasteiger partial charge in [-0.3, -0.25) is 0 Å². The molecule has 1 nitrogen and oxygen atoms in total. The number of rotatable bonds is 3. The first-order valence-corrected chi connectivity index (χ1v) is 6.09. The lowest BCUT2D eigenvalue weighted by molar-refractivity contribution is 0.355. The van der Waals surface area contributed by atoms with Gasteiger partial charge in [-0.1, -0.05) is 39.0 Å². The third-order valence-electron chi connectivity index (χ3n) is 3.24. The molecule has 0 aliphatic heterocycles. The molecule has 1 N–H and O–H groups in total. The second kappa shape index (κ2) is 6.42. The zero-order valence-corrected chi connectivity index (χ0v) is 9.31. The van der Waals surface area contributed by atoms with Crippen LogP contribution >= 0.6 is 0 Å². The Morgan fingerprint density at radius 3 is 2.15 bits per heavy atom. The third kappa shape index (κ3) is 4.66. The molecule has 1 rings (SSSR count). The van der Waals surface area contributed by atoms with Crippen molar-refractivity contribution in [2.75, 3.05) is 0 Å². The fraction of sp³-hybridized carbons (Fsp3) is 1.00. The third-order valence-corrected chi connectivity index (χ3v) is 3.24. The van der Waals surface area contributed by atoms with Crippen molar-refractivity contribution in [1.29, 1.82) is 0 Å². The van der Waals surface area contributed by atoms with Crippen LogP contribution in [0.25, 0.3) is 0 Å². The molecule has 1 aliphatic rings. The summed E-state index contributed by atoms with van der Waals surface area (Å²) in [6.07, 6.45) is 11.3. The highest BCUT2D eigenvalue weighted by Gasteiger charge is 2.12. The van der Waals surface area contributed by atoms with Crippen molar-refractivity contribution < 1.29 is 0 Å². The average Bonchev–Trinajstić information content (AvgIpc) is 2.09. The van der Waals surface area contributed by atoms with Gasteiger partial charge in [0.2, 0.25) is 0 Å². The van der Waals surface area contributed by atoms with Gasteiger partial charge in [0.1, 0.15) is 0 Å². The lowest BCUT2D eigenvalue weighted by atomic mass is 9.96. The molecule has 0 radical (unpaired) electrons. The summed E-state index contributed by atoms with van der Waals surface area (Å²) in [5.41, 5.74) is 0. The Balaban J connectivity index is 2.21. The Kier molecular flexibility index (Phi) is 5.45. The minimum Gasteiger partial charge on any atom is -0.312 e. The second-order valence-corrected chi connectivity index (χ2v) is 4.52. The Labute approximate surface area is 83.3 Å². The maximum atomic E-state index is 3.74. The van der Waals surface area contributed by atoms with Crippen molar-refractivity contribution in [3.63, 3.8) is 0 Å². The van der Waals surface area contributed by atoms with Crippen molar-refractivity contribution in [2.45, 2.75) is 77.3 Å². The predicted molar refractivity (Wildman–Crippen MR) is 59.0 cm³/mol. The fourth-order valence-electron chi connectivity index (χ4n) is 2.14. The lowest BCUT2D eigenvalue weighted by Crippen LogP contribution is -2.36. The summed E-state index contributed by atoms with van der Waals surface area (Å²) in [6.45, 7) is 4.57. The molecule has 0 aromatic heterocycles. The van der Waals surface area contributed by atoms with E-state index in [4.69, 9.17) is 0 Å². The van der Waals surface area contributed by atoms with Crippen LogP contribution in [0.4, 0.5) is 0 Å². The Morgan fingerprint density at radius 1 is 1.08 bits per heavy atom. The summed E-state index contributed by atoms with van der Waals surface area (Å²) in [5, 5.41) is 3.74. The van der Waals surface area contributed by atoms with Gasteiger partial charge in [0, 0.05) is 12.1 Å². The summed E-state index contributed by atoms with van der Waals surface area (Å²) in [5.74, 6) is 0. The molecule has 1 aliphatic carbocycles. The van der Waals surface area contributed by atoms with E-state index in [2.05, 4.69) is 19.2 Å². The quantitative estimate of drug-likeness (QED) is 0.706. The van der Waals surface area contributed by atoms with Crippen LogP contribution in [0.2, 0.25) is 0 Å². The van der Waals surface area contributed by atoms with E-state index in [9.17, 15) is 0 Å². The molecule has 1 saturated carbocycles. The van der Waals surface area contributed by atoms with E-state index in [1.807, 2.05) is 0 Å². The van der Waals surface area contributed by atoms with Crippen LogP contribution in [0.3, 0.4) is 0 Å². The zero-order chi connectivity index (χ0) is 9.52. The highest BCUT2D eigenvalue weighted by molar-refractivity contribution is 4.72. The van der Waals surface area contributed by atoms with Crippen molar-refractivity contribution in [1.82, 2.24) is 5.32 Å². The van der Waals surface area contributed by atoms with Crippen molar-refractivity contribution >= 4 is 0 Å². The average molecular weight is 183 g/mol. The molecule has 0 aromatic carbocycles. The highest BCUT2D eigenvalue weighted by Crippen LogP contribution is 2.17. The molecule has 1 heteroatoms. The maximum Gasteiger partial charge on any atom is 0.00695 e. The van der Waals surface area contributed by atoms with E-state index < -0.39 is 0 Å². The first-order valence-electron chi connectivity index (χ1n) is 6.09. The van der Waals surface area contributed by atoms with Gasteiger partial charge in [0.15, 0.2) is 0 Å². The van der Waals surface area contributed by atoms with E-state index in [0.29, 0.717) is 6.04 Å². The van der Waals surface area contributed by atoms with E-state index in [1.165, 1.54) is 51.4 Å². The molecule has 1 fully saturated rings. The smallest absolute Gasteiger partial charge is 0.00695 e. The van der Waals surface area contributed by atoms with Crippen LogP contribution in [0, 0.1) is 0 Å². The molecule has 0 saturated heterocycles. The zero-order valence-electron chi connectivity index (χ0n) is 9.31. The van der Waals surface area contributed by atoms with E-state index in [-0.39, 0.29) is 0 Å². The molecule has 13 heavy (non-hydrogen) atoms. The number of hydrogen-bond acceptors (Lipinski definition) is 1. The fourth-order valence-corrected chi connectivity index (χ4v) is 2.14. The van der Waals surface area contributed by atoms with Gasteiger partial charge in [0.25, 0.3) is 0 Å². The van der Waals surface area contributed by atoms with Crippen molar-refractivity contribution in [3.05, 3.63) is 0 Å². The molecule has 0 bridgehead atoms. The topological polar surface area (TPSA) is 12.0 Å². The van der Waals surface area contributed by atoms with Gasteiger partial charge in [0.05, 0.1) is 0 Å². The lowest BCUT2D eigenvalue weighted by Gasteiger charge is -2.24. The highest BCUT2D eigenvalue weighted by atomic mass is 14.9. The Morgan fingerprint density at radius 2 is 1.62 bits per heavy atom. The van der Waals surface area contributed by atoms with Gasteiger partial charge in [-0.25, -0.2) is 0 Å². The standard InChI is InChI=1S/C12H25N/c1-3-11(2)13-12-9-7-5-4-6-8-10-12/h11-13H,3-10H2,1-2H3. The molecular formula is C12H25N. The van der Waals surface area contributed by atoms with Crippen LogP contribution in [0.5, 0.6) is 0 Å². The van der Waals surface area contributed by atoms with Crippen LogP contribution in [-0.2, 0) is 0 Å². The molecule has 0 amide bonds. The van der Waals surface area contributed by atoms with Gasteiger partial charge in [-0.2, -0.15) is 0 Å². The van der Waals surface area contributed by atoms with Crippen LogP contribution in [-0.4, -0.2) is 12.1 Å². The molecular weight excluding hydrogens is 158 g/mol. The normalized spacial score (nSPS) is 23.5. The van der Waals surface area contributed by atoms with E-state index in [0.717, 1.165) is 6.04 Å². The number of hydrogen-bond donors (Lipinski definition) is 1. The Hall–Kier alpha value is -0.0400. The van der Waals surface area contributed by atoms with E-state index >= 15 is 0 Å². The molecule has 78 valence electrons. The number of nitrogens with one attached hydrogen (secondary N) is 1. The first-order chi connectivity index (χ1) is 6.33. The summed E-state index contributed by atoms with van der Waals surface area (Å²) in [6, 6.07) is 1.53. The van der Waals surface area contributed by atoms with Gasteiger partial charge in [-0.05, 0) is 26.2 Å². The first kappa shape index (κ1) is 11.0. The molecule has 1 atom stereocenters. The van der Waals surface area contributed by atoms with Crippen LogP contribution < -0.4 is 5.32 Å². The SMILES string of the molecule is CCC(C)NC1CCCCCCC1. The molecule has 0 heterocycles. The largest absolute Gasteiger partial charge is 0.312 e. The minimum absolute atomic E-state index is 0.712. The summed E-state index contributed by atoms with van der Waals surface area (Å²) < 4.78 is 0. The predicted octanol–water partition coefficient (Wildman–Crippen LogP) is 3.49. The van der Waals surface area contributed by atoms with Crippen molar-refractivity contribution in [3.8, 4) is 0 Å². The molecule has 0 spiro atoms. The summed E-state index contributed by atoms with van der Waals surface area (Å²) in [4.78, 5) is 0. The summed E-state index contributed by atoms with van der Waals surface area (Å²) in [7, 11) is 0. The summed E-state index contributed by atoms with van der Waals surface area (Å²) >= 11 is 0. The van der Waals surface area contributed by atoms with Gasteiger partial charge < -0.3 is 5.32 Å². The van der Waals surface area contributed by atoms with Crippen molar-refractivity contribution in [2.24, 2.45) is 0 Å². The van der Waals surface area contributed by atoms with Gasteiger partial charge in [-0.15, -0.1) is 0 Å². The minimum atomic E-state index is 0.712. The van der Waals surface area contributed by atoms with Gasteiger partial charge >= 0.3 is 0 Å². The Bertz CT molecular complexity index is 114. The maximum absolute atomic E-state index is 3.74. The van der Waals surface area contributed by atoms with Crippen LogP contribution in [0.1, 0.15) is 65.2 Å². The van der Waals surface area contributed by atoms with Crippen LogP contribution in [0.15, 0.2) is 0 Å². The monoisotopic (exact) mass is 183 g/mol. The second-order valence-electron chi connectivity index (χ2n) is 4.52. The molecule has 1 unspecified atom stereocenters.